The Balaban J connectivity index is 2.12. The summed E-state index contributed by atoms with van der Waals surface area (Å²) in [5.74, 6) is -0.0825. The minimum absolute atomic E-state index is 0.00636. The van der Waals surface area contributed by atoms with Gasteiger partial charge in [-0.05, 0) is 32.3 Å². The molecule has 0 aliphatic carbocycles. The lowest BCUT2D eigenvalue weighted by Gasteiger charge is -2.21. The number of hydrogen-bond donors (Lipinski definition) is 1. The average molecular weight is 269 g/mol. The first-order valence-corrected chi connectivity index (χ1v) is 6.26. The molecule has 0 bridgehead atoms. The molecule has 1 heterocycles. The van der Waals surface area contributed by atoms with Crippen LogP contribution < -0.4 is 0 Å². The summed E-state index contributed by atoms with van der Waals surface area (Å²) in [6.45, 7) is 0.910. The number of likely N-dealkylation sites (tertiary alicyclic amines) is 1. The van der Waals surface area contributed by atoms with Crippen LogP contribution in [0.15, 0.2) is 24.3 Å². The molecule has 1 aliphatic rings. The zero-order valence-electron chi connectivity index (χ0n) is 10.5. The van der Waals surface area contributed by atoms with Crippen molar-refractivity contribution in [3.05, 3.63) is 34.9 Å². The first-order chi connectivity index (χ1) is 8.49. The molecule has 0 unspecified atom stereocenters. The number of aliphatic hydroxyl groups excluding tert-OH is 1. The summed E-state index contributed by atoms with van der Waals surface area (Å²) in [5.41, 5.74) is 0.564. The van der Waals surface area contributed by atoms with Crippen molar-refractivity contribution in [2.45, 2.75) is 12.1 Å². The van der Waals surface area contributed by atoms with Crippen molar-refractivity contribution in [3.8, 4) is 0 Å². The van der Waals surface area contributed by atoms with Crippen molar-refractivity contribution < 1.29 is 9.90 Å². The fourth-order valence-corrected chi connectivity index (χ4v) is 2.44. The van der Waals surface area contributed by atoms with Crippen molar-refractivity contribution in [2.24, 2.45) is 0 Å². The number of hydrogen-bond acceptors (Lipinski definition) is 3. The molecule has 0 radical (unpaired) electrons. The molecule has 2 rings (SSSR count). The topological polar surface area (TPSA) is 43.8 Å². The molecule has 98 valence electrons. The van der Waals surface area contributed by atoms with Gasteiger partial charge < -0.3 is 14.9 Å². The van der Waals surface area contributed by atoms with E-state index >= 15 is 0 Å². The van der Waals surface area contributed by atoms with E-state index in [9.17, 15) is 9.90 Å². The van der Waals surface area contributed by atoms with Crippen LogP contribution in [0.2, 0.25) is 5.02 Å². The van der Waals surface area contributed by atoms with Gasteiger partial charge in [0.15, 0.2) is 0 Å². The lowest BCUT2D eigenvalue weighted by atomic mass is 10.2. The van der Waals surface area contributed by atoms with Gasteiger partial charge in [0.05, 0.1) is 12.1 Å². The van der Waals surface area contributed by atoms with Gasteiger partial charge >= 0.3 is 0 Å². The standard InChI is InChI=1S/C13H17ClN2O2/c1-15(2)11-7-16(8-12(11)17)13(18)9-4-3-5-10(14)6-9/h3-6,11-12,17H,7-8H2,1-2H3/t11-,12-/m1/s1. The zero-order chi connectivity index (χ0) is 13.3. The van der Waals surface area contributed by atoms with Crippen molar-refractivity contribution in [2.75, 3.05) is 27.2 Å². The Kier molecular flexibility index (Phi) is 3.90. The summed E-state index contributed by atoms with van der Waals surface area (Å²) in [4.78, 5) is 15.9. The summed E-state index contributed by atoms with van der Waals surface area (Å²) >= 11 is 5.88. The number of likely N-dealkylation sites (N-methyl/N-ethyl adjacent to an activating group) is 1. The van der Waals surface area contributed by atoms with E-state index in [1.807, 2.05) is 19.0 Å². The summed E-state index contributed by atoms with van der Waals surface area (Å²) in [7, 11) is 3.81. The first-order valence-electron chi connectivity index (χ1n) is 5.88. The fourth-order valence-electron chi connectivity index (χ4n) is 2.25. The predicted molar refractivity (Wildman–Crippen MR) is 70.8 cm³/mol. The van der Waals surface area contributed by atoms with Crippen LogP contribution in [0.4, 0.5) is 0 Å². The molecule has 1 amide bonds. The van der Waals surface area contributed by atoms with Gasteiger partial charge in [0.2, 0.25) is 0 Å². The fraction of sp³-hybridized carbons (Fsp3) is 0.462. The van der Waals surface area contributed by atoms with Crippen LogP contribution in [0.5, 0.6) is 0 Å². The van der Waals surface area contributed by atoms with Crippen LogP contribution in [0.3, 0.4) is 0 Å². The van der Waals surface area contributed by atoms with Gasteiger partial charge in [-0.25, -0.2) is 0 Å². The highest BCUT2D eigenvalue weighted by Crippen LogP contribution is 2.18. The SMILES string of the molecule is CN(C)[C@@H]1CN(C(=O)c2cccc(Cl)c2)C[C@H]1O. The van der Waals surface area contributed by atoms with Gasteiger partial charge in [0.1, 0.15) is 0 Å². The minimum Gasteiger partial charge on any atom is -0.390 e. The molecule has 5 heteroatoms. The quantitative estimate of drug-likeness (QED) is 0.873. The van der Waals surface area contributed by atoms with Crippen LogP contribution >= 0.6 is 11.6 Å². The van der Waals surface area contributed by atoms with E-state index in [2.05, 4.69) is 0 Å². The number of nitrogens with zero attached hydrogens (tertiary/aromatic N) is 2. The van der Waals surface area contributed by atoms with Crippen molar-refractivity contribution in [1.82, 2.24) is 9.80 Å². The van der Waals surface area contributed by atoms with Gasteiger partial charge in [0.25, 0.3) is 5.91 Å². The Labute approximate surface area is 112 Å². The molecular weight excluding hydrogens is 252 g/mol. The normalized spacial score (nSPS) is 23.7. The van der Waals surface area contributed by atoms with Gasteiger partial charge in [-0.2, -0.15) is 0 Å². The lowest BCUT2D eigenvalue weighted by molar-refractivity contribution is 0.0764. The van der Waals surface area contributed by atoms with Crippen LogP contribution in [-0.4, -0.2) is 60.1 Å². The molecule has 18 heavy (non-hydrogen) atoms. The van der Waals surface area contributed by atoms with Gasteiger partial charge in [-0.15, -0.1) is 0 Å². The summed E-state index contributed by atoms with van der Waals surface area (Å²) in [6, 6.07) is 6.88. The zero-order valence-corrected chi connectivity index (χ0v) is 11.3. The number of carbonyl (C=O) groups excluding carboxylic acids is 1. The van der Waals surface area contributed by atoms with E-state index in [0.717, 1.165) is 0 Å². The maximum Gasteiger partial charge on any atom is 0.254 e. The largest absolute Gasteiger partial charge is 0.390 e. The summed E-state index contributed by atoms with van der Waals surface area (Å²) < 4.78 is 0. The number of β-amino-alcohol motifs (C(OH)–C–C–N with tert-alkyl or cyclic N) is 1. The van der Waals surface area contributed by atoms with E-state index < -0.39 is 6.10 Å². The average Bonchev–Trinajstić information content (AvgIpc) is 2.70. The Morgan fingerprint density at radius 2 is 2.17 bits per heavy atom. The number of carbonyl (C=O) groups is 1. The molecule has 1 N–H and O–H groups in total. The highest BCUT2D eigenvalue weighted by molar-refractivity contribution is 6.30. The predicted octanol–water partition coefficient (Wildman–Crippen LogP) is 1.09. The number of benzene rings is 1. The van der Waals surface area contributed by atoms with Crippen LogP contribution in [0.1, 0.15) is 10.4 Å². The number of amides is 1. The molecule has 1 aromatic carbocycles. The van der Waals surface area contributed by atoms with Crippen LogP contribution in [0, 0.1) is 0 Å². The van der Waals surface area contributed by atoms with E-state index in [0.29, 0.717) is 23.7 Å². The van der Waals surface area contributed by atoms with E-state index in [4.69, 9.17) is 11.6 Å². The van der Waals surface area contributed by atoms with Gasteiger partial charge in [-0.1, -0.05) is 17.7 Å². The Morgan fingerprint density at radius 3 is 2.72 bits per heavy atom. The third-order valence-corrected chi connectivity index (χ3v) is 3.52. The lowest BCUT2D eigenvalue weighted by Crippen LogP contribution is -2.38. The van der Waals surface area contributed by atoms with Crippen LogP contribution in [-0.2, 0) is 0 Å². The maximum absolute atomic E-state index is 12.3. The first kappa shape index (κ1) is 13.3. The number of halogens is 1. The smallest absolute Gasteiger partial charge is 0.254 e. The van der Waals surface area contributed by atoms with Gasteiger partial charge in [0, 0.05) is 23.7 Å². The molecule has 4 nitrogen and oxygen atoms in total. The van der Waals surface area contributed by atoms with Gasteiger partial charge in [-0.3, -0.25) is 4.79 Å². The molecule has 1 fully saturated rings. The van der Waals surface area contributed by atoms with E-state index in [-0.39, 0.29) is 11.9 Å². The molecule has 1 saturated heterocycles. The second kappa shape index (κ2) is 5.26. The Hall–Kier alpha value is -1.10. The number of aliphatic hydroxyl groups is 1. The van der Waals surface area contributed by atoms with E-state index in [1.165, 1.54) is 0 Å². The second-order valence-electron chi connectivity index (χ2n) is 4.82. The second-order valence-corrected chi connectivity index (χ2v) is 5.26. The third kappa shape index (κ3) is 2.66. The van der Waals surface area contributed by atoms with Crippen molar-refractivity contribution in [3.63, 3.8) is 0 Å². The highest BCUT2D eigenvalue weighted by Gasteiger charge is 2.35. The monoisotopic (exact) mass is 268 g/mol. The molecule has 0 saturated carbocycles. The summed E-state index contributed by atoms with van der Waals surface area (Å²) in [5, 5.41) is 10.5. The highest BCUT2D eigenvalue weighted by atomic mass is 35.5. The van der Waals surface area contributed by atoms with Crippen LogP contribution in [0.25, 0.3) is 0 Å². The molecule has 1 aliphatic heterocycles. The molecule has 0 aromatic heterocycles. The molecule has 1 aromatic rings. The van der Waals surface area contributed by atoms with E-state index in [1.54, 1.807) is 29.2 Å². The maximum atomic E-state index is 12.3. The summed E-state index contributed by atoms with van der Waals surface area (Å²) in [6.07, 6.45) is -0.497. The van der Waals surface area contributed by atoms with Crippen molar-refractivity contribution in [1.29, 1.82) is 0 Å². The van der Waals surface area contributed by atoms with Crippen molar-refractivity contribution >= 4 is 17.5 Å². The molecule has 0 spiro atoms. The Bertz CT molecular complexity index is 450. The third-order valence-electron chi connectivity index (χ3n) is 3.28. The molecular formula is C13H17ClN2O2. The Morgan fingerprint density at radius 1 is 1.44 bits per heavy atom. The number of rotatable bonds is 2. The minimum atomic E-state index is -0.497. The molecule has 2 atom stereocenters.